The number of anilines is 1. The molecule has 1 saturated carbocycles. The molecule has 1 aliphatic rings. The number of aliphatic hydroxyl groups is 1. The van der Waals surface area contributed by atoms with Crippen molar-refractivity contribution in [3.05, 3.63) is 22.7 Å². The lowest BCUT2D eigenvalue weighted by Gasteiger charge is -2.16. The molecule has 0 saturated heterocycles. The first-order chi connectivity index (χ1) is 7.24. The summed E-state index contributed by atoms with van der Waals surface area (Å²) in [6.07, 6.45) is 5.53. The van der Waals surface area contributed by atoms with Crippen LogP contribution >= 0.6 is 0 Å². The van der Waals surface area contributed by atoms with Gasteiger partial charge in [-0.2, -0.15) is 0 Å². The summed E-state index contributed by atoms with van der Waals surface area (Å²) in [7, 11) is 1.76. The molecule has 1 fully saturated rings. The number of hydrogen-bond donors (Lipinski definition) is 1. The Labute approximate surface area is 88.0 Å². The third kappa shape index (κ3) is 2.02. The van der Waals surface area contributed by atoms with Gasteiger partial charge in [-0.1, -0.05) is 0 Å². The number of likely N-dealkylation sites (N-methyl/N-ethyl adjacent to an activating group) is 1. The number of aromatic nitrogens is 2. The molecule has 15 heavy (non-hydrogen) atoms. The lowest BCUT2D eigenvalue weighted by molar-refractivity contribution is 0.303. The SMILES string of the molecule is CN(CCO)c1nccn(C2CC2)c1=O. The van der Waals surface area contributed by atoms with Crippen LogP contribution in [0.15, 0.2) is 17.2 Å². The van der Waals surface area contributed by atoms with Gasteiger partial charge >= 0.3 is 0 Å². The average Bonchev–Trinajstić information content (AvgIpc) is 3.02. The van der Waals surface area contributed by atoms with E-state index in [1.165, 1.54) is 0 Å². The van der Waals surface area contributed by atoms with Crippen LogP contribution < -0.4 is 10.5 Å². The summed E-state index contributed by atoms with van der Waals surface area (Å²) in [5.41, 5.74) is -0.0593. The smallest absolute Gasteiger partial charge is 0.293 e. The van der Waals surface area contributed by atoms with Gasteiger partial charge in [0.2, 0.25) is 0 Å². The zero-order chi connectivity index (χ0) is 10.8. The van der Waals surface area contributed by atoms with Crippen LogP contribution in [0.2, 0.25) is 0 Å². The van der Waals surface area contributed by atoms with Crippen molar-refractivity contribution >= 4 is 5.82 Å². The molecule has 0 bridgehead atoms. The Hall–Kier alpha value is -1.36. The molecular weight excluding hydrogens is 194 g/mol. The second-order valence-electron chi connectivity index (χ2n) is 3.84. The zero-order valence-electron chi connectivity index (χ0n) is 8.76. The molecule has 0 aromatic carbocycles. The molecule has 1 aliphatic carbocycles. The maximum Gasteiger partial charge on any atom is 0.293 e. The second-order valence-corrected chi connectivity index (χ2v) is 3.84. The summed E-state index contributed by atoms with van der Waals surface area (Å²) in [5.74, 6) is 0.415. The molecule has 0 aliphatic heterocycles. The lowest BCUT2D eigenvalue weighted by atomic mass is 10.5. The first-order valence-corrected chi connectivity index (χ1v) is 5.13. The number of aliphatic hydroxyl groups excluding tert-OH is 1. The van der Waals surface area contributed by atoms with E-state index < -0.39 is 0 Å². The molecule has 1 aromatic heterocycles. The maximum atomic E-state index is 11.9. The van der Waals surface area contributed by atoms with E-state index in [-0.39, 0.29) is 12.2 Å². The van der Waals surface area contributed by atoms with Gasteiger partial charge in [0.25, 0.3) is 5.56 Å². The molecule has 0 spiro atoms. The van der Waals surface area contributed by atoms with Gasteiger partial charge in [0.1, 0.15) is 0 Å². The zero-order valence-corrected chi connectivity index (χ0v) is 8.76. The predicted octanol–water partition coefficient (Wildman–Crippen LogP) is 0.00670. The minimum Gasteiger partial charge on any atom is -0.395 e. The van der Waals surface area contributed by atoms with E-state index in [9.17, 15) is 4.79 Å². The summed E-state index contributed by atoms with van der Waals surface area (Å²) >= 11 is 0. The van der Waals surface area contributed by atoms with Crippen LogP contribution in [0, 0.1) is 0 Å². The molecule has 0 radical (unpaired) electrons. The van der Waals surface area contributed by atoms with Crippen LogP contribution in [0.3, 0.4) is 0 Å². The van der Waals surface area contributed by atoms with Crippen molar-refractivity contribution in [3.8, 4) is 0 Å². The molecule has 2 rings (SSSR count). The van der Waals surface area contributed by atoms with Gasteiger partial charge in [-0.15, -0.1) is 0 Å². The first-order valence-electron chi connectivity index (χ1n) is 5.13. The van der Waals surface area contributed by atoms with Crippen molar-refractivity contribution < 1.29 is 5.11 Å². The monoisotopic (exact) mass is 209 g/mol. The van der Waals surface area contributed by atoms with Crippen LogP contribution in [0.5, 0.6) is 0 Å². The van der Waals surface area contributed by atoms with Crippen LogP contribution in [0.4, 0.5) is 5.82 Å². The third-order valence-electron chi connectivity index (χ3n) is 2.59. The molecule has 0 amide bonds. The molecule has 82 valence electrons. The van der Waals surface area contributed by atoms with E-state index in [1.807, 2.05) is 0 Å². The Kier molecular flexibility index (Phi) is 2.73. The summed E-state index contributed by atoms with van der Waals surface area (Å²) < 4.78 is 1.73. The number of rotatable bonds is 4. The van der Waals surface area contributed by atoms with E-state index in [2.05, 4.69) is 4.98 Å². The van der Waals surface area contributed by atoms with Crippen molar-refractivity contribution in [2.75, 3.05) is 25.1 Å². The Morgan fingerprint density at radius 2 is 2.40 bits per heavy atom. The summed E-state index contributed by atoms with van der Waals surface area (Å²) in [5, 5.41) is 8.80. The quantitative estimate of drug-likeness (QED) is 0.758. The van der Waals surface area contributed by atoms with E-state index >= 15 is 0 Å². The van der Waals surface area contributed by atoms with Crippen molar-refractivity contribution in [3.63, 3.8) is 0 Å². The van der Waals surface area contributed by atoms with Crippen molar-refractivity contribution in [2.24, 2.45) is 0 Å². The van der Waals surface area contributed by atoms with Crippen LogP contribution in [0.1, 0.15) is 18.9 Å². The lowest BCUT2D eigenvalue weighted by Crippen LogP contribution is -2.32. The fraction of sp³-hybridized carbons (Fsp3) is 0.600. The van der Waals surface area contributed by atoms with Crippen LogP contribution in [0.25, 0.3) is 0 Å². The average molecular weight is 209 g/mol. The largest absolute Gasteiger partial charge is 0.395 e. The topological polar surface area (TPSA) is 58.4 Å². The van der Waals surface area contributed by atoms with E-state index in [4.69, 9.17) is 5.11 Å². The third-order valence-corrected chi connectivity index (χ3v) is 2.59. The molecule has 5 nitrogen and oxygen atoms in total. The van der Waals surface area contributed by atoms with Gasteiger partial charge in [0.15, 0.2) is 5.82 Å². The predicted molar refractivity (Wildman–Crippen MR) is 57.1 cm³/mol. The normalized spacial score (nSPS) is 15.3. The minimum atomic E-state index is -0.0593. The summed E-state index contributed by atoms with van der Waals surface area (Å²) in [6, 6.07) is 0.363. The van der Waals surface area contributed by atoms with Gasteiger partial charge in [-0.3, -0.25) is 4.79 Å². The van der Waals surface area contributed by atoms with Crippen molar-refractivity contribution in [1.29, 1.82) is 0 Å². The highest BCUT2D eigenvalue weighted by Crippen LogP contribution is 2.33. The van der Waals surface area contributed by atoms with E-state index in [0.717, 1.165) is 12.8 Å². The maximum absolute atomic E-state index is 11.9. The van der Waals surface area contributed by atoms with Crippen molar-refractivity contribution in [2.45, 2.75) is 18.9 Å². The Morgan fingerprint density at radius 3 is 3.00 bits per heavy atom. The van der Waals surface area contributed by atoms with Gasteiger partial charge in [-0.05, 0) is 12.8 Å². The number of nitrogens with zero attached hydrogens (tertiary/aromatic N) is 3. The molecule has 0 unspecified atom stereocenters. The molecule has 1 heterocycles. The van der Waals surface area contributed by atoms with Crippen molar-refractivity contribution in [1.82, 2.24) is 9.55 Å². The Balaban J connectivity index is 2.31. The molecule has 5 heteroatoms. The van der Waals surface area contributed by atoms with E-state index in [0.29, 0.717) is 18.4 Å². The fourth-order valence-corrected chi connectivity index (χ4v) is 1.57. The first kappa shape index (κ1) is 10.2. The van der Waals surface area contributed by atoms with Crippen LogP contribution in [-0.4, -0.2) is 34.9 Å². The minimum absolute atomic E-state index is 0.0238. The molecule has 0 atom stereocenters. The van der Waals surface area contributed by atoms with Gasteiger partial charge in [0.05, 0.1) is 6.61 Å². The summed E-state index contributed by atoms with van der Waals surface area (Å²) in [4.78, 5) is 17.7. The van der Waals surface area contributed by atoms with E-state index in [1.54, 1.807) is 28.9 Å². The highest BCUT2D eigenvalue weighted by atomic mass is 16.3. The summed E-state index contributed by atoms with van der Waals surface area (Å²) in [6.45, 7) is 0.451. The second kappa shape index (κ2) is 4.02. The molecule has 1 aromatic rings. The molecular formula is C10H15N3O2. The highest BCUT2D eigenvalue weighted by molar-refractivity contribution is 5.34. The van der Waals surface area contributed by atoms with Gasteiger partial charge < -0.3 is 14.6 Å². The van der Waals surface area contributed by atoms with Crippen LogP contribution in [-0.2, 0) is 0 Å². The Morgan fingerprint density at radius 1 is 1.67 bits per heavy atom. The standard InChI is InChI=1S/C10H15N3O2/c1-12(6-7-14)9-10(15)13(5-4-11-9)8-2-3-8/h4-5,8,14H,2-3,6-7H2,1H3. The van der Waals surface area contributed by atoms with Gasteiger partial charge in [0, 0.05) is 32.0 Å². The Bertz CT molecular complexity index is 398. The fourth-order valence-electron chi connectivity index (χ4n) is 1.57. The molecule has 1 N–H and O–H groups in total. The number of hydrogen-bond acceptors (Lipinski definition) is 4. The highest BCUT2D eigenvalue weighted by Gasteiger charge is 2.25. The van der Waals surface area contributed by atoms with Gasteiger partial charge in [-0.25, -0.2) is 4.98 Å².